The van der Waals surface area contributed by atoms with Gasteiger partial charge in [0.15, 0.2) is 0 Å². The van der Waals surface area contributed by atoms with Gasteiger partial charge in [0, 0.05) is 12.6 Å². The van der Waals surface area contributed by atoms with Crippen LogP contribution in [-0.4, -0.2) is 43.0 Å². The topological polar surface area (TPSA) is 117 Å². The van der Waals surface area contributed by atoms with Crippen LogP contribution >= 0.6 is 15.9 Å². The number of H-pyrrole nitrogens is 1. The van der Waals surface area contributed by atoms with Crippen molar-refractivity contribution in [3.05, 3.63) is 139 Å². The fourth-order valence-corrected chi connectivity index (χ4v) is 5.97. The van der Waals surface area contributed by atoms with Crippen molar-refractivity contribution in [1.29, 1.82) is 0 Å². The van der Waals surface area contributed by atoms with Gasteiger partial charge in [-0.3, -0.25) is 18.5 Å². The first-order valence-electron chi connectivity index (χ1n) is 12.5. The van der Waals surface area contributed by atoms with E-state index in [1.807, 2.05) is 91.0 Å². The largest absolute Gasteiger partial charge is 0.358 e. The zero-order valence-corrected chi connectivity index (χ0v) is 23.9. The van der Waals surface area contributed by atoms with E-state index >= 15 is 0 Å². The monoisotopic (exact) mass is 626 g/mol. The minimum atomic E-state index is -3.87. The van der Waals surface area contributed by atoms with Crippen molar-refractivity contribution in [3.8, 4) is 0 Å². The molecule has 40 heavy (non-hydrogen) atoms. The molecule has 1 aliphatic heterocycles. The maximum Gasteiger partial charge on any atom is 0.330 e. The van der Waals surface area contributed by atoms with E-state index in [0.717, 1.165) is 22.9 Å². The van der Waals surface area contributed by atoms with Crippen molar-refractivity contribution in [2.75, 3.05) is 12.9 Å². The molecule has 5 rings (SSSR count). The van der Waals surface area contributed by atoms with Gasteiger partial charge in [-0.2, -0.15) is 8.42 Å². The molecule has 0 unspecified atom stereocenters. The van der Waals surface area contributed by atoms with Gasteiger partial charge in [-0.1, -0.05) is 91.0 Å². The molecule has 1 fully saturated rings. The number of halogens is 1. The van der Waals surface area contributed by atoms with E-state index in [4.69, 9.17) is 13.7 Å². The molecule has 11 heteroatoms. The highest BCUT2D eigenvalue weighted by atomic mass is 79.9. The summed E-state index contributed by atoms with van der Waals surface area (Å²) in [6.07, 6.45) is -0.405. The summed E-state index contributed by atoms with van der Waals surface area (Å²) in [7, 11) is -3.87. The first kappa shape index (κ1) is 28.2. The molecule has 1 aliphatic rings. The highest BCUT2D eigenvalue weighted by Gasteiger charge is 2.44. The van der Waals surface area contributed by atoms with Crippen LogP contribution in [0.1, 0.15) is 29.3 Å². The molecule has 1 N–H and O–H groups in total. The van der Waals surface area contributed by atoms with Crippen LogP contribution in [0.15, 0.2) is 111 Å². The van der Waals surface area contributed by atoms with Gasteiger partial charge in [0.1, 0.15) is 24.0 Å². The molecule has 0 amide bonds. The van der Waals surface area contributed by atoms with Gasteiger partial charge >= 0.3 is 5.69 Å². The number of aromatic amines is 1. The lowest BCUT2D eigenvalue weighted by molar-refractivity contribution is -0.0910. The van der Waals surface area contributed by atoms with Crippen LogP contribution in [0.3, 0.4) is 0 Å². The summed E-state index contributed by atoms with van der Waals surface area (Å²) in [4.78, 5) is 26.6. The molecule has 4 aromatic rings. The molecule has 0 bridgehead atoms. The van der Waals surface area contributed by atoms with E-state index in [0.29, 0.717) is 0 Å². The van der Waals surface area contributed by atoms with Gasteiger partial charge in [0.05, 0.1) is 17.3 Å². The highest BCUT2D eigenvalue weighted by Crippen LogP contribution is 2.42. The van der Waals surface area contributed by atoms with Crippen LogP contribution in [0, 0.1) is 0 Å². The average molecular weight is 628 g/mol. The van der Waals surface area contributed by atoms with Crippen molar-refractivity contribution in [1.82, 2.24) is 9.55 Å². The second kappa shape index (κ2) is 11.6. The summed E-state index contributed by atoms with van der Waals surface area (Å²) >= 11 is 3.13. The van der Waals surface area contributed by atoms with E-state index in [2.05, 4.69) is 20.9 Å². The maximum absolute atomic E-state index is 12.6. The van der Waals surface area contributed by atoms with E-state index in [-0.39, 0.29) is 17.5 Å². The summed E-state index contributed by atoms with van der Waals surface area (Å²) in [5, 5.41) is 0. The van der Waals surface area contributed by atoms with E-state index < -0.39 is 45.4 Å². The van der Waals surface area contributed by atoms with E-state index in [1.54, 1.807) is 0 Å². The number of benzene rings is 3. The van der Waals surface area contributed by atoms with Crippen molar-refractivity contribution in [2.45, 2.75) is 30.5 Å². The van der Waals surface area contributed by atoms with Crippen molar-refractivity contribution >= 4 is 26.0 Å². The van der Waals surface area contributed by atoms with Gasteiger partial charge in [-0.05, 0) is 32.6 Å². The second-order valence-corrected chi connectivity index (χ2v) is 11.9. The zero-order chi connectivity index (χ0) is 28.3. The van der Waals surface area contributed by atoms with Crippen LogP contribution in [-0.2, 0) is 29.4 Å². The lowest BCUT2D eigenvalue weighted by Gasteiger charge is -2.37. The molecule has 3 aromatic carbocycles. The molecular formula is C29H27BrN2O7S. The fourth-order valence-electron chi connectivity index (χ4n) is 5.00. The molecule has 0 radical (unpaired) electrons. The van der Waals surface area contributed by atoms with Crippen molar-refractivity contribution in [2.24, 2.45) is 0 Å². The van der Waals surface area contributed by atoms with E-state index in [9.17, 15) is 18.0 Å². The normalized spacial score (nSPS) is 19.5. The molecular weight excluding hydrogens is 600 g/mol. The minimum Gasteiger partial charge on any atom is -0.358 e. The molecule has 0 aliphatic carbocycles. The van der Waals surface area contributed by atoms with Gasteiger partial charge in [0.25, 0.3) is 15.7 Å². The van der Waals surface area contributed by atoms with E-state index in [1.165, 1.54) is 10.8 Å². The number of hydrogen-bond donors (Lipinski definition) is 1. The summed E-state index contributed by atoms with van der Waals surface area (Å²) in [6.45, 7) is -0.0748. The van der Waals surface area contributed by atoms with Crippen LogP contribution in [0.2, 0.25) is 0 Å². The summed E-state index contributed by atoms with van der Waals surface area (Å²) in [6, 6.07) is 29.2. The SMILES string of the molecule is CS(=O)(=O)O[C@H]1C[C@H](n2cc(Br)c(=O)[nH]c2=O)O[C@@H]1COC(c1ccccc1)(c1ccccc1)c1ccccc1. The Morgan fingerprint density at radius 1 is 0.925 bits per heavy atom. The highest BCUT2D eigenvalue weighted by molar-refractivity contribution is 9.10. The molecule has 1 aromatic heterocycles. The Morgan fingerprint density at radius 2 is 1.43 bits per heavy atom. The predicted octanol–water partition coefficient (Wildman–Crippen LogP) is 3.94. The van der Waals surface area contributed by atoms with Crippen LogP contribution in [0.4, 0.5) is 0 Å². The standard InChI is InChI=1S/C29H27BrN2O7S/c1-40(35,36)39-24-17-26(32-18-23(30)27(33)31-28(32)34)38-25(24)19-37-29(20-11-5-2-6-12-20,21-13-7-3-8-14-21)22-15-9-4-10-16-22/h2-16,18,24-26H,17,19H2,1H3,(H,31,33,34)/t24-,25+,26+/m0/s1. The first-order valence-corrected chi connectivity index (χ1v) is 15.1. The van der Waals surface area contributed by atoms with Crippen molar-refractivity contribution < 1.29 is 22.1 Å². The third-order valence-electron chi connectivity index (χ3n) is 6.72. The lowest BCUT2D eigenvalue weighted by Crippen LogP contribution is -2.39. The number of nitrogens with zero attached hydrogens (tertiary/aromatic N) is 1. The van der Waals surface area contributed by atoms with Gasteiger partial charge in [-0.15, -0.1) is 0 Å². The predicted molar refractivity (Wildman–Crippen MR) is 152 cm³/mol. The Kier molecular flexibility index (Phi) is 8.20. The number of rotatable bonds is 9. The fraction of sp³-hybridized carbons (Fsp3) is 0.241. The van der Waals surface area contributed by atoms with Crippen LogP contribution in [0.25, 0.3) is 0 Å². The molecule has 0 spiro atoms. The number of hydrogen-bond acceptors (Lipinski definition) is 7. The maximum atomic E-state index is 12.6. The molecule has 208 valence electrons. The molecule has 9 nitrogen and oxygen atoms in total. The van der Waals surface area contributed by atoms with Gasteiger partial charge in [0.2, 0.25) is 0 Å². The summed E-state index contributed by atoms with van der Waals surface area (Å²) < 4.78 is 44.1. The van der Waals surface area contributed by atoms with Crippen molar-refractivity contribution in [3.63, 3.8) is 0 Å². The average Bonchev–Trinajstić information content (AvgIpc) is 3.33. The Hall–Kier alpha value is -3.35. The van der Waals surface area contributed by atoms with Crippen LogP contribution in [0.5, 0.6) is 0 Å². The molecule has 2 heterocycles. The Labute approximate surface area is 239 Å². The first-order chi connectivity index (χ1) is 19.2. The third kappa shape index (κ3) is 5.89. The second-order valence-electron chi connectivity index (χ2n) is 9.44. The Morgan fingerprint density at radius 3 is 1.90 bits per heavy atom. The zero-order valence-electron chi connectivity index (χ0n) is 21.5. The lowest BCUT2D eigenvalue weighted by atomic mass is 9.80. The molecule has 1 saturated heterocycles. The minimum absolute atomic E-state index is 0.0362. The number of aromatic nitrogens is 2. The quantitative estimate of drug-likeness (QED) is 0.221. The number of nitrogens with one attached hydrogen (secondary N) is 1. The smallest absolute Gasteiger partial charge is 0.330 e. The Bertz CT molecular complexity index is 1580. The van der Waals surface area contributed by atoms with Crippen LogP contribution < -0.4 is 11.2 Å². The Balaban J connectivity index is 1.56. The number of ether oxygens (including phenoxy) is 2. The third-order valence-corrected chi connectivity index (χ3v) is 7.88. The molecule has 0 saturated carbocycles. The summed E-state index contributed by atoms with van der Waals surface area (Å²) in [5.74, 6) is 0. The van der Waals surface area contributed by atoms with Gasteiger partial charge < -0.3 is 9.47 Å². The molecule has 3 atom stereocenters. The summed E-state index contributed by atoms with van der Waals surface area (Å²) in [5.41, 5.74) is 0.250. The van der Waals surface area contributed by atoms with Gasteiger partial charge in [-0.25, -0.2) is 4.79 Å².